The van der Waals surface area contributed by atoms with Crippen LogP contribution in [0, 0.1) is 12.8 Å². The predicted molar refractivity (Wildman–Crippen MR) is 104 cm³/mol. The van der Waals surface area contributed by atoms with Gasteiger partial charge < -0.3 is 14.6 Å². The van der Waals surface area contributed by atoms with Crippen LogP contribution < -0.4 is 9.47 Å². The number of aliphatic hydroxyl groups excluding tert-OH is 1. The van der Waals surface area contributed by atoms with Gasteiger partial charge in [0.25, 0.3) is 0 Å². The monoisotopic (exact) mass is 361 g/mol. The van der Waals surface area contributed by atoms with Crippen molar-refractivity contribution in [2.24, 2.45) is 5.92 Å². The van der Waals surface area contributed by atoms with Gasteiger partial charge in [0.05, 0.1) is 18.4 Å². The molecule has 1 aliphatic heterocycles. The van der Waals surface area contributed by atoms with Crippen LogP contribution in [0.15, 0.2) is 66.7 Å². The fourth-order valence-corrected chi connectivity index (χ4v) is 3.45. The summed E-state index contributed by atoms with van der Waals surface area (Å²) in [5, 5.41) is 10.9. The van der Waals surface area contributed by atoms with Crippen molar-refractivity contribution in [3.05, 3.63) is 89.2 Å². The van der Waals surface area contributed by atoms with Crippen LogP contribution in [0.1, 0.15) is 28.6 Å². The summed E-state index contributed by atoms with van der Waals surface area (Å²) < 4.78 is 11.8. The third-order valence-corrected chi connectivity index (χ3v) is 4.87. The van der Waals surface area contributed by atoms with E-state index in [2.05, 4.69) is 17.1 Å². The lowest BCUT2D eigenvalue weighted by Crippen LogP contribution is -2.27. The molecule has 2 atom stereocenters. The van der Waals surface area contributed by atoms with E-state index in [0.717, 1.165) is 29.1 Å². The lowest BCUT2D eigenvalue weighted by atomic mass is 9.88. The molecule has 1 N–H and O–H groups in total. The van der Waals surface area contributed by atoms with Crippen LogP contribution in [0.4, 0.5) is 0 Å². The van der Waals surface area contributed by atoms with Gasteiger partial charge in [0.15, 0.2) is 0 Å². The maximum absolute atomic E-state index is 10.9. The molecule has 2 heterocycles. The zero-order chi connectivity index (χ0) is 18.6. The van der Waals surface area contributed by atoms with Gasteiger partial charge in [-0.25, -0.2) is 0 Å². The van der Waals surface area contributed by atoms with Crippen LogP contribution in [0.3, 0.4) is 0 Å². The molecule has 0 spiro atoms. The van der Waals surface area contributed by atoms with Gasteiger partial charge in [-0.05, 0) is 49.2 Å². The number of rotatable bonds is 5. The molecule has 0 unspecified atom stereocenters. The number of nitrogens with zero attached hydrogens (tertiary/aromatic N) is 1. The Balaban J connectivity index is 1.47. The summed E-state index contributed by atoms with van der Waals surface area (Å²) in [6, 6.07) is 21.7. The SMILES string of the molecule is Cc1cccc(COc2ccc3c(c2)[C@H](O)[C@@H](Cc2ccccc2)CO3)n1. The van der Waals surface area contributed by atoms with Gasteiger partial charge in [-0.2, -0.15) is 0 Å². The molecule has 1 aromatic heterocycles. The molecule has 2 aromatic carbocycles. The Labute approximate surface area is 159 Å². The highest BCUT2D eigenvalue weighted by molar-refractivity contribution is 5.43. The highest BCUT2D eigenvalue weighted by Crippen LogP contribution is 2.39. The molecule has 27 heavy (non-hydrogen) atoms. The van der Waals surface area contributed by atoms with Gasteiger partial charge in [-0.15, -0.1) is 0 Å². The minimum absolute atomic E-state index is 0.0218. The van der Waals surface area contributed by atoms with Crippen LogP contribution in [-0.2, 0) is 13.0 Å². The number of hydrogen-bond acceptors (Lipinski definition) is 4. The van der Waals surface area contributed by atoms with Gasteiger partial charge in [0.1, 0.15) is 18.1 Å². The Morgan fingerprint density at radius 1 is 1.07 bits per heavy atom. The minimum atomic E-state index is -0.574. The number of fused-ring (bicyclic) bond motifs is 1. The van der Waals surface area contributed by atoms with E-state index in [0.29, 0.717) is 19.0 Å². The van der Waals surface area contributed by atoms with E-state index in [9.17, 15) is 5.11 Å². The maximum Gasteiger partial charge on any atom is 0.130 e. The quantitative estimate of drug-likeness (QED) is 0.738. The third kappa shape index (κ3) is 4.12. The predicted octanol–water partition coefficient (Wildman–Crippen LogP) is 4.25. The zero-order valence-electron chi connectivity index (χ0n) is 15.3. The molecule has 0 saturated heterocycles. The molecule has 0 saturated carbocycles. The van der Waals surface area contributed by atoms with Gasteiger partial charge in [-0.1, -0.05) is 36.4 Å². The minimum Gasteiger partial charge on any atom is -0.493 e. The lowest BCUT2D eigenvalue weighted by molar-refractivity contribution is 0.0504. The van der Waals surface area contributed by atoms with Gasteiger partial charge in [-0.3, -0.25) is 4.98 Å². The second-order valence-electron chi connectivity index (χ2n) is 6.96. The Morgan fingerprint density at radius 3 is 2.74 bits per heavy atom. The van der Waals surface area contributed by atoms with E-state index in [1.54, 1.807) is 0 Å². The molecule has 3 aromatic rings. The summed E-state index contributed by atoms with van der Waals surface area (Å²) in [6.45, 7) is 2.87. The lowest BCUT2D eigenvalue weighted by Gasteiger charge is -2.30. The molecule has 138 valence electrons. The Kier molecular flexibility index (Phi) is 5.07. The summed E-state index contributed by atoms with van der Waals surface area (Å²) in [6.07, 6.45) is 0.203. The second kappa shape index (κ2) is 7.80. The number of benzene rings is 2. The van der Waals surface area contributed by atoms with Crippen LogP contribution in [0.25, 0.3) is 0 Å². The van der Waals surface area contributed by atoms with E-state index in [4.69, 9.17) is 9.47 Å². The first-order chi connectivity index (χ1) is 13.2. The normalized spacial score (nSPS) is 18.4. The van der Waals surface area contributed by atoms with E-state index in [-0.39, 0.29) is 5.92 Å². The second-order valence-corrected chi connectivity index (χ2v) is 6.96. The molecule has 4 heteroatoms. The van der Waals surface area contributed by atoms with Crippen LogP contribution in [0.2, 0.25) is 0 Å². The molecule has 4 rings (SSSR count). The maximum atomic E-state index is 10.9. The third-order valence-electron chi connectivity index (χ3n) is 4.87. The van der Waals surface area contributed by atoms with Gasteiger partial charge in [0, 0.05) is 17.2 Å². The molecule has 0 fully saturated rings. The molecule has 1 aliphatic rings. The average molecular weight is 361 g/mol. The van der Waals surface area contributed by atoms with Gasteiger partial charge >= 0.3 is 0 Å². The van der Waals surface area contributed by atoms with Crippen molar-refractivity contribution in [1.29, 1.82) is 0 Å². The Hall–Kier alpha value is -2.85. The number of pyridine rings is 1. The molecule has 0 aliphatic carbocycles. The average Bonchev–Trinajstić information content (AvgIpc) is 2.70. The van der Waals surface area contributed by atoms with E-state index < -0.39 is 6.10 Å². The summed E-state index contributed by atoms with van der Waals surface area (Å²) >= 11 is 0. The molecule has 4 nitrogen and oxygen atoms in total. The van der Waals surface area contributed by atoms with Crippen molar-refractivity contribution < 1.29 is 14.6 Å². The van der Waals surface area contributed by atoms with E-state index in [1.165, 1.54) is 5.56 Å². The summed E-state index contributed by atoms with van der Waals surface area (Å²) in [5.74, 6) is 1.46. The van der Waals surface area contributed by atoms with Crippen molar-refractivity contribution in [2.75, 3.05) is 6.61 Å². The van der Waals surface area contributed by atoms with Crippen LogP contribution in [-0.4, -0.2) is 16.7 Å². The van der Waals surface area contributed by atoms with Crippen molar-refractivity contribution in [3.8, 4) is 11.5 Å². The number of aromatic nitrogens is 1. The van der Waals surface area contributed by atoms with Crippen molar-refractivity contribution in [1.82, 2.24) is 4.98 Å². The largest absolute Gasteiger partial charge is 0.493 e. The fourth-order valence-electron chi connectivity index (χ4n) is 3.45. The Bertz CT molecular complexity index is 911. The number of ether oxygens (including phenoxy) is 2. The topological polar surface area (TPSA) is 51.6 Å². The number of hydrogen-bond donors (Lipinski definition) is 1. The van der Waals surface area contributed by atoms with Crippen LogP contribution in [0.5, 0.6) is 11.5 Å². The first kappa shape index (κ1) is 17.6. The molecular formula is C23H23NO3. The fraction of sp³-hybridized carbons (Fsp3) is 0.261. The highest BCUT2D eigenvalue weighted by Gasteiger charge is 2.30. The highest BCUT2D eigenvalue weighted by atomic mass is 16.5. The van der Waals surface area contributed by atoms with Gasteiger partial charge in [0.2, 0.25) is 0 Å². The zero-order valence-corrected chi connectivity index (χ0v) is 15.3. The van der Waals surface area contributed by atoms with Crippen LogP contribution >= 0.6 is 0 Å². The smallest absolute Gasteiger partial charge is 0.130 e. The number of aliphatic hydroxyl groups is 1. The Morgan fingerprint density at radius 2 is 1.93 bits per heavy atom. The summed E-state index contributed by atoms with van der Waals surface area (Å²) in [4.78, 5) is 4.45. The molecule has 0 radical (unpaired) electrons. The summed E-state index contributed by atoms with van der Waals surface area (Å²) in [5.41, 5.74) is 3.84. The first-order valence-electron chi connectivity index (χ1n) is 9.23. The van der Waals surface area contributed by atoms with Crippen molar-refractivity contribution >= 4 is 0 Å². The van der Waals surface area contributed by atoms with Crippen molar-refractivity contribution in [2.45, 2.75) is 26.1 Å². The van der Waals surface area contributed by atoms with E-state index >= 15 is 0 Å². The van der Waals surface area contributed by atoms with E-state index in [1.807, 2.05) is 61.5 Å². The van der Waals surface area contributed by atoms with Crippen molar-refractivity contribution in [3.63, 3.8) is 0 Å². The molecule has 0 bridgehead atoms. The first-order valence-corrected chi connectivity index (χ1v) is 9.23. The summed E-state index contributed by atoms with van der Waals surface area (Å²) in [7, 11) is 0. The molecular weight excluding hydrogens is 338 g/mol. The molecule has 0 amide bonds. The number of aryl methyl sites for hydroxylation is 1. The standard InChI is InChI=1S/C23H23NO3/c1-16-6-5-9-19(24-16)15-26-20-10-11-22-21(13-20)23(25)18(14-27-22)12-17-7-3-2-4-8-17/h2-11,13,18,23,25H,12,14-15H2,1H3/t18-,23+/m0/s1.